The second-order valence-electron chi connectivity index (χ2n) is 7.61. The second kappa shape index (κ2) is 10.2. The number of halogens is 1. The molecule has 0 saturated heterocycles. The number of aliphatic imine (C=N–C) groups is 1. The van der Waals surface area contributed by atoms with Crippen molar-refractivity contribution < 1.29 is 28.3 Å². The standard InChI is InChI=1S/C26H21FN2O6/c1-3-33-24-13-17(9-11-23(24)34-15-19-6-4-5-7-20(19)27)12-21-26(30)35-25(28-21)18-10-8-16(2)22(14-18)29(31)32/h4-14H,3,15H2,1-2H3/b21-12-. The van der Waals surface area contributed by atoms with Gasteiger partial charge < -0.3 is 14.2 Å². The van der Waals surface area contributed by atoms with Crippen LogP contribution < -0.4 is 9.47 Å². The molecular formula is C26H21FN2O6. The van der Waals surface area contributed by atoms with Gasteiger partial charge in [-0.2, -0.15) is 0 Å². The molecule has 0 saturated carbocycles. The molecule has 0 spiro atoms. The highest BCUT2D eigenvalue weighted by Gasteiger charge is 2.26. The van der Waals surface area contributed by atoms with Crippen LogP contribution in [0.15, 0.2) is 71.4 Å². The highest BCUT2D eigenvalue weighted by molar-refractivity contribution is 6.13. The third-order valence-corrected chi connectivity index (χ3v) is 5.19. The van der Waals surface area contributed by atoms with E-state index >= 15 is 0 Å². The molecule has 0 bridgehead atoms. The summed E-state index contributed by atoms with van der Waals surface area (Å²) in [6.07, 6.45) is 1.51. The molecule has 35 heavy (non-hydrogen) atoms. The van der Waals surface area contributed by atoms with Crippen LogP contribution in [-0.4, -0.2) is 23.4 Å². The lowest BCUT2D eigenvalue weighted by Crippen LogP contribution is -2.06. The van der Waals surface area contributed by atoms with Crippen LogP contribution >= 0.6 is 0 Å². The molecule has 178 valence electrons. The maximum atomic E-state index is 13.9. The van der Waals surface area contributed by atoms with Crippen molar-refractivity contribution in [3.8, 4) is 11.5 Å². The first-order valence-corrected chi connectivity index (χ1v) is 10.8. The van der Waals surface area contributed by atoms with E-state index in [0.717, 1.165) is 0 Å². The van der Waals surface area contributed by atoms with E-state index in [1.807, 2.05) is 6.92 Å². The summed E-state index contributed by atoms with van der Waals surface area (Å²) in [5, 5.41) is 11.2. The van der Waals surface area contributed by atoms with Crippen molar-refractivity contribution in [2.45, 2.75) is 20.5 Å². The fourth-order valence-electron chi connectivity index (χ4n) is 3.40. The smallest absolute Gasteiger partial charge is 0.363 e. The highest BCUT2D eigenvalue weighted by atomic mass is 19.1. The van der Waals surface area contributed by atoms with E-state index < -0.39 is 10.9 Å². The van der Waals surface area contributed by atoms with Gasteiger partial charge in [-0.05, 0) is 49.8 Å². The molecule has 1 aliphatic heterocycles. The van der Waals surface area contributed by atoms with Gasteiger partial charge in [0, 0.05) is 22.8 Å². The average Bonchev–Trinajstić information content (AvgIpc) is 3.20. The number of aryl methyl sites for hydroxylation is 1. The SMILES string of the molecule is CCOc1cc(/C=C2\N=C(c3ccc(C)c([N+](=O)[O-])c3)OC2=O)ccc1OCc1ccccc1F. The second-order valence-corrected chi connectivity index (χ2v) is 7.61. The maximum Gasteiger partial charge on any atom is 0.363 e. The number of carbonyl (C=O) groups excluding carboxylic acids is 1. The zero-order valence-electron chi connectivity index (χ0n) is 19.0. The van der Waals surface area contributed by atoms with Crippen molar-refractivity contribution >= 4 is 23.6 Å². The molecule has 0 aliphatic carbocycles. The third kappa shape index (κ3) is 5.35. The minimum atomic E-state index is -0.680. The van der Waals surface area contributed by atoms with Crippen LogP contribution in [0, 0.1) is 22.9 Å². The average molecular weight is 476 g/mol. The molecule has 0 aromatic heterocycles. The number of cyclic esters (lactones) is 1. The van der Waals surface area contributed by atoms with E-state index in [1.54, 1.807) is 55.5 Å². The third-order valence-electron chi connectivity index (χ3n) is 5.19. The topological polar surface area (TPSA) is 100 Å². The first-order chi connectivity index (χ1) is 16.9. The number of esters is 1. The van der Waals surface area contributed by atoms with Gasteiger partial charge in [-0.3, -0.25) is 10.1 Å². The van der Waals surface area contributed by atoms with Crippen molar-refractivity contribution in [3.63, 3.8) is 0 Å². The predicted octanol–water partition coefficient (Wildman–Crippen LogP) is 5.36. The molecule has 4 rings (SSSR count). The Hall–Kier alpha value is -4.53. The van der Waals surface area contributed by atoms with E-state index in [4.69, 9.17) is 14.2 Å². The van der Waals surface area contributed by atoms with Crippen LogP contribution in [0.4, 0.5) is 10.1 Å². The Labute approximate surface area is 200 Å². The molecule has 3 aromatic rings. The van der Waals surface area contributed by atoms with Crippen LogP contribution in [0.1, 0.15) is 29.2 Å². The monoisotopic (exact) mass is 476 g/mol. The molecule has 1 aliphatic rings. The molecule has 0 unspecified atom stereocenters. The summed E-state index contributed by atoms with van der Waals surface area (Å²) in [6.45, 7) is 3.83. The largest absolute Gasteiger partial charge is 0.490 e. The quantitative estimate of drug-likeness (QED) is 0.188. The lowest BCUT2D eigenvalue weighted by Gasteiger charge is -2.13. The van der Waals surface area contributed by atoms with Crippen LogP contribution in [0.25, 0.3) is 6.08 Å². The number of benzene rings is 3. The number of rotatable bonds is 8. The van der Waals surface area contributed by atoms with Gasteiger partial charge >= 0.3 is 5.97 Å². The molecule has 0 atom stereocenters. The Morgan fingerprint density at radius 3 is 2.63 bits per heavy atom. The molecule has 3 aromatic carbocycles. The van der Waals surface area contributed by atoms with E-state index in [2.05, 4.69) is 4.99 Å². The lowest BCUT2D eigenvalue weighted by molar-refractivity contribution is -0.385. The molecule has 9 heteroatoms. The van der Waals surface area contributed by atoms with Gasteiger partial charge in [0.15, 0.2) is 17.2 Å². The molecule has 0 fully saturated rings. The van der Waals surface area contributed by atoms with Crippen molar-refractivity contribution in [2.24, 2.45) is 4.99 Å². The summed E-state index contributed by atoms with van der Waals surface area (Å²) in [6, 6.07) is 15.9. The number of nitro groups is 1. The van der Waals surface area contributed by atoms with Gasteiger partial charge in [0.1, 0.15) is 12.4 Å². The summed E-state index contributed by atoms with van der Waals surface area (Å²) in [5.41, 5.74) is 1.76. The van der Waals surface area contributed by atoms with Crippen LogP contribution in [0.2, 0.25) is 0 Å². The molecule has 0 N–H and O–H groups in total. The zero-order chi connectivity index (χ0) is 24.9. The number of ether oxygens (including phenoxy) is 3. The number of nitro benzene ring substituents is 1. The van der Waals surface area contributed by atoms with Gasteiger partial charge in [0.05, 0.1) is 11.5 Å². The van der Waals surface area contributed by atoms with E-state index in [0.29, 0.717) is 40.4 Å². The molecule has 0 radical (unpaired) electrons. The Balaban J connectivity index is 1.59. The van der Waals surface area contributed by atoms with E-state index in [-0.39, 0.29) is 29.7 Å². The predicted molar refractivity (Wildman–Crippen MR) is 127 cm³/mol. The molecule has 8 nitrogen and oxygen atoms in total. The first-order valence-electron chi connectivity index (χ1n) is 10.8. The van der Waals surface area contributed by atoms with Crippen LogP contribution in [-0.2, 0) is 16.1 Å². The van der Waals surface area contributed by atoms with Gasteiger partial charge in [-0.25, -0.2) is 14.2 Å². The Bertz CT molecular complexity index is 1370. The summed E-state index contributed by atoms with van der Waals surface area (Å²) in [4.78, 5) is 27.3. The van der Waals surface area contributed by atoms with Gasteiger partial charge in [-0.15, -0.1) is 0 Å². The first kappa shape index (κ1) is 23.6. The number of nitrogens with zero attached hydrogens (tertiary/aromatic N) is 2. The zero-order valence-corrected chi connectivity index (χ0v) is 19.0. The Morgan fingerprint density at radius 1 is 1.09 bits per heavy atom. The number of hydrogen-bond acceptors (Lipinski definition) is 7. The minimum Gasteiger partial charge on any atom is -0.490 e. The maximum absolute atomic E-state index is 13.9. The van der Waals surface area contributed by atoms with Gasteiger partial charge in [0.25, 0.3) is 5.69 Å². The van der Waals surface area contributed by atoms with Gasteiger partial charge in [-0.1, -0.05) is 30.3 Å². The lowest BCUT2D eigenvalue weighted by atomic mass is 10.1. The molecule has 0 amide bonds. The van der Waals surface area contributed by atoms with Crippen molar-refractivity contribution in [1.82, 2.24) is 0 Å². The van der Waals surface area contributed by atoms with Gasteiger partial charge in [0.2, 0.25) is 5.90 Å². The van der Waals surface area contributed by atoms with Crippen molar-refractivity contribution in [3.05, 3.63) is 105 Å². The summed E-state index contributed by atoms with van der Waals surface area (Å²) in [5.74, 6) is -0.218. The Morgan fingerprint density at radius 2 is 1.89 bits per heavy atom. The molecular weight excluding hydrogens is 455 g/mol. The van der Waals surface area contributed by atoms with E-state index in [1.165, 1.54) is 18.2 Å². The van der Waals surface area contributed by atoms with Crippen LogP contribution in [0.5, 0.6) is 11.5 Å². The fraction of sp³-hybridized carbons (Fsp3) is 0.154. The summed E-state index contributed by atoms with van der Waals surface area (Å²) in [7, 11) is 0. The highest BCUT2D eigenvalue weighted by Crippen LogP contribution is 2.31. The summed E-state index contributed by atoms with van der Waals surface area (Å²) >= 11 is 0. The van der Waals surface area contributed by atoms with E-state index in [9.17, 15) is 19.3 Å². The van der Waals surface area contributed by atoms with Crippen molar-refractivity contribution in [2.75, 3.05) is 6.61 Å². The summed E-state index contributed by atoms with van der Waals surface area (Å²) < 4.78 is 30.6. The number of carbonyl (C=O) groups is 1. The molecule has 1 heterocycles. The van der Waals surface area contributed by atoms with Crippen LogP contribution in [0.3, 0.4) is 0 Å². The Kier molecular flexibility index (Phi) is 6.86. The normalized spacial score (nSPS) is 14.0. The minimum absolute atomic E-state index is 0.0146. The fourth-order valence-corrected chi connectivity index (χ4v) is 3.40. The van der Waals surface area contributed by atoms with Crippen molar-refractivity contribution in [1.29, 1.82) is 0 Å². The number of hydrogen-bond donors (Lipinski definition) is 0.